The molecular weight excluding hydrogens is 384 g/mol. The Morgan fingerprint density at radius 2 is 1.65 bits per heavy atom. The minimum atomic E-state index is -0.427. The van der Waals surface area contributed by atoms with Crippen LogP contribution in [-0.2, 0) is 22.4 Å². The molecule has 2 aromatic rings. The molecule has 31 heavy (non-hydrogen) atoms. The van der Waals surface area contributed by atoms with Crippen molar-refractivity contribution >= 4 is 11.8 Å². The van der Waals surface area contributed by atoms with Gasteiger partial charge in [-0.25, -0.2) is 0 Å². The third-order valence-corrected chi connectivity index (χ3v) is 6.30. The van der Waals surface area contributed by atoms with Gasteiger partial charge in [0.2, 0.25) is 11.8 Å². The molecule has 0 unspecified atom stereocenters. The molecule has 0 aliphatic heterocycles. The number of benzene rings is 2. The molecule has 1 fully saturated rings. The second-order valence-corrected chi connectivity index (χ2v) is 8.75. The number of aryl methyl sites for hydroxylation is 1. The Hall–Kier alpha value is -2.62. The molecule has 0 heterocycles. The van der Waals surface area contributed by atoms with Gasteiger partial charge in [-0.3, -0.25) is 9.59 Å². The molecule has 3 rings (SSSR count). The standard InChI is InChI=1S/C27H36N2O2/c1-3-25(27(31)28-24-12-8-5-9-13-24)29(19-18-22-10-6-4-7-11-22)26(30)20-23-16-14-21(2)15-17-23/h4,6-7,10-11,14-17,24-25H,3,5,8-9,12-13,18-20H2,1-2H3,(H,28,31)/t25-/m0/s1. The summed E-state index contributed by atoms with van der Waals surface area (Å²) in [5, 5.41) is 3.24. The molecule has 1 atom stereocenters. The number of hydrogen-bond donors (Lipinski definition) is 1. The third kappa shape index (κ3) is 6.95. The van der Waals surface area contributed by atoms with Crippen LogP contribution in [0.2, 0.25) is 0 Å². The van der Waals surface area contributed by atoms with Gasteiger partial charge < -0.3 is 10.2 Å². The Bertz CT molecular complexity index is 826. The summed E-state index contributed by atoms with van der Waals surface area (Å²) in [5.41, 5.74) is 3.34. The van der Waals surface area contributed by atoms with E-state index >= 15 is 0 Å². The number of carbonyl (C=O) groups is 2. The molecule has 4 nitrogen and oxygen atoms in total. The van der Waals surface area contributed by atoms with Gasteiger partial charge in [-0.2, -0.15) is 0 Å². The fourth-order valence-corrected chi connectivity index (χ4v) is 4.42. The van der Waals surface area contributed by atoms with E-state index in [0.717, 1.165) is 24.8 Å². The fraction of sp³-hybridized carbons (Fsp3) is 0.481. The molecule has 1 saturated carbocycles. The Labute approximate surface area is 187 Å². The van der Waals surface area contributed by atoms with Crippen LogP contribution in [0, 0.1) is 6.92 Å². The first-order valence-electron chi connectivity index (χ1n) is 11.8. The number of amides is 2. The summed E-state index contributed by atoms with van der Waals surface area (Å²) in [6.07, 6.45) is 7.37. The van der Waals surface area contributed by atoms with Gasteiger partial charge in [0, 0.05) is 12.6 Å². The minimum absolute atomic E-state index is 0.000261. The van der Waals surface area contributed by atoms with Crippen molar-refractivity contribution in [2.75, 3.05) is 6.54 Å². The van der Waals surface area contributed by atoms with Crippen molar-refractivity contribution in [3.63, 3.8) is 0 Å². The monoisotopic (exact) mass is 420 g/mol. The zero-order chi connectivity index (χ0) is 22.1. The lowest BCUT2D eigenvalue weighted by Crippen LogP contribution is -2.52. The molecular formula is C27H36N2O2. The third-order valence-electron chi connectivity index (χ3n) is 6.30. The topological polar surface area (TPSA) is 49.4 Å². The lowest BCUT2D eigenvalue weighted by molar-refractivity contribution is -0.140. The summed E-state index contributed by atoms with van der Waals surface area (Å²) in [6.45, 7) is 4.59. The Balaban J connectivity index is 1.73. The minimum Gasteiger partial charge on any atom is -0.352 e. The molecule has 0 spiro atoms. The fourth-order valence-electron chi connectivity index (χ4n) is 4.42. The van der Waals surface area contributed by atoms with Gasteiger partial charge >= 0.3 is 0 Å². The summed E-state index contributed by atoms with van der Waals surface area (Å²) >= 11 is 0. The van der Waals surface area contributed by atoms with Crippen molar-refractivity contribution in [1.29, 1.82) is 0 Å². The summed E-state index contributed by atoms with van der Waals surface area (Å²) in [6, 6.07) is 18.1. The lowest BCUT2D eigenvalue weighted by atomic mass is 9.95. The van der Waals surface area contributed by atoms with Gasteiger partial charge in [0.1, 0.15) is 6.04 Å². The van der Waals surface area contributed by atoms with Crippen LogP contribution < -0.4 is 5.32 Å². The SMILES string of the molecule is CC[C@@H](C(=O)NC1CCCCC1)N(CCc1ccccc1)C(=O)Cc1ccc(C)cc1. The molecule has 1 aliphatic rings. The summed E-state index contributed by atoms with van der Waals surface area (Å²) in [5.74, 6) is 0.0187. The molecule has 2 amide bonds. The zero-order valence-electron chi connectivity index (χ0n) is 19.0. The molecule has 166 valence electrons. The van der Waals surface area contributed by atoms with Crippen molar-refractivity contribution in [1.82, 2.24) is 10.2 Å². The molecule has 1 N–H and O–H groups in total. The highest BCUT2D eigenvalue weighted by atomic mass is 16.2. The van der Waals surface area contributed by atoms with Crippen LogP contribution in [0.3, 0.4) is 0 Å². The maximum Gasteiger partial charge on any atom is 0.243 e. The van der Waals surface area contributed by atoms with E-state index in [1.807, 2.05) is 61.2 Å². The molecule has 0 saturated heterocycles. The maximum atomic E-state index is 13.4. The highest BCUT2D eigenvalue weighted by Gasteiger charge is 2.29. The van der Waals surface area contributed by atoms with E-state index in [-0.39, 0.29) is 17.9 Å². The Morgan fingerprint density at radius 3 is 2.29 bits per heavy atom. The average Bonchev–Trinajstić information content (AvgIpc) is 2.79. The van der Waals surface area contributed by atoms with Crippen LogP contribution in [0.25, 0.3) is 0 Å². The van der Waals surface area contributed by atoms with Crippen LogP contribution in [0.15, 0.2) is 54.6 Å². The molecule has 2 aromatic carbocycles. The predicted molar refractivity (Wildman–Crippen MR) is 126 cm³/mol. The summed E-state index contributed by atoms with van der Waals surface area (Å²) < 4.78 is 0. The Kier molecular flexibility index (Phi) is 8.69. The quantitative estimate of drug-likeness (QED) is 0.631. The van der Waals surface area contributed by atoms with Crippen LogP contribution in [0.1, 0.15) is 62.1 Å². The first kappa shape index (κ1) is 23.1. The van der Waals surface area contributed by atoms with E-state index in [0.29, 0.717) is 19.4 Å². The number of hydrogen-bond acceptors (Lipinski definition) is 2. The summed E-state index contributed by atoms with van der Waals surface area (Å²) in [7, 11) is 0. The van der Waals surface area contributed by atoms with E-state index < -0.39 is 6.04 Å². The number of rotatable bonds is 9. The van der Waals surface area contributed by atoms with E-state index in [2.05, 4.69) is 17.4 Å². The molecule has 0 aromatic heterocycles. The number of nitrogens with one attached hydrogen (secondary N) is 1. The normalized spacial score (nSPS) is 15.3. The second kappa shape index (κ2) is 11.7. The highest BCUT2D eigenvalue weighted by Crippen LogP contribution is 2.19. The van der Waals surface area contributed by atoms with Crippen molar-refractivity contribution in [3.05, 3.63) is 71.3 Å². The largest absolute Gasteiger partial charge is 0.352 e. The van der Waals surface area contributed by atoms with Crippen molar-refractivity contribution in [2.24, 2.45) is 0 Å². The number of nitrogens with zero attached hydrogens (tertiary/aromatic N) is 1. The van der Waals surface area contributed by atoms with E-state index in [4.69, 9.17) is 0 Å². The van der Waals surface area contributed by atoms with Gasteiger partial charge in [0.25, 0.3) is 0 Å². The van der Waals surface area contributed by atoms with Gasteiger partial charge in [-0.15, -0.1) is 0 Å². The van der Waals surface area contributed by atoms with Crippen LogP contribution in [0.5, 0.6) is 0 Å². The van der Waals surface area contributed by atoms with Gasteiger partial charge in [-0.1, -0.05) is 86.3 Å². The average molecular weight is 421 g/mol. The van der Waals surface area contributed by atoms with Crippen molar-refractivity contribution in [3.8, 4) is 0 Å². The van der Waals surface area contributed by atoms with Crippen molar-refractivity contribution in [2.45, 2.75) is 77.3 Å². The second-order valence-electron chi connectivity index (χ2n) is 8.75. The van der Waals surface area contributed by atoms with Crippen molar-refractivity contribution < 1.29 is 9.59 Å². The lowest BCUT2D eigenvalue weighted by Gasteiger charge is -2.33. The first-order chi connectivity index (χ1) is 15.1. The van der Waals surface area contributed by atoms with Crippen LogP contribution in [-0.4, -0.2) is 35.3 Å². The smallest absolute Gasteiger partial charge is 0.243 e. The van der Waals surface area contributed by atoms with E-state index in [9.17, 15) is 9.59 Å². The first-order valence-corrected chi connectivity index (χ1v) is 11.8. The van der Waals surface area contributed by atoms with E-state index in [1.165, 1.54) is 30.4 Å². The van der Waals surface area contributed by atoms with Gasteiger partial charge in [-0.05, 0) is 43.7 Å². The molecule has 4 heteroatoms. The predicted octanol–water partition coefficient (Wildman–Crippen LogP) is 4.84. The summed E-state index contributed by atoms with van der Waals surface area (Å²) in [4.78, 5) is 28.4. The van der Waals surface area contributed by atoms with Gasteiger partial charge in [0.05, 0.1) is 6.42 Å². The van der Waals surface area contributed by atoms with Gasteiger partial charge in [0.15, 0.2) is 0 Å². The zero-order valence-corrected chi connectivity index (χ0v) is 19.0. The Morgan fingerprint density at radius 1 is 0.968 bits per heavy atom. The highest BCUT2D eigenvalue weighted by molar-refractivity contribution is 5.88. The van der Waals surface area contributed by atoms with Crippen LogP contribution >= 0.6 is 0 Å². The van der Waals surface area contributed by atoms with E-state index in [1.54, 1.807) is 0 Å². The van der Waals surface area contributed by atoms with Crippen LogP contribution in [0.4, 0.5) is 0 Å². The molecule has 0 bridgehead atoms. The number of carbonyl (C=O) groups excluding carboxylic acids is 2. The maximum absolute atomic E-state index is 13.4. The molecule has 0 radical (unpaired) electrons. The molecule has 1 aliphatic carbocycles.